The number of hydrogen-bond donors (Lipinski definition) is 0. The van der Waals surface area contributed by atoms with Gasteiger partial charge in [-0.3, -0.25) is 0 Å². The summed E-state index contributed by atoms with van der Waals surface area (Å²) in [5.41, 5.74) is 5.07. The highest BCUT2D eigenvalue weighted by molar-refractivity contribution is 6.28. The van der Waals surface area contributed by atoms with Gasteiger partial charge in [0.25, 0.3) is 0 Å². The fourth-order valence-electron chi connectivity index (χ4n) is 2.49. The lowest BCUT2D eigenvalue weighted by Crippen LogP contribution is -1.95. The van der Waals surface area contributed by atoms with Crippen molar-refractivity contribution in [2.45, 2.75) is 0 Å². The molecule has 0 N–H and O–H groups in total. The van der Waals surface area contributed by atoms with Gasteiger partial charge in [-0.05, 0) is 22.7 Å². The lowest BCUT2D eigenvalue weighted by atomic mass is 10.0. The maximum atomic E-state index is 6.01. The fourth-order valence-corrected chi connectivity index (χ4v) is 2.65. The summed E-state index contributed by atoms with van der Waals surface area (Å²) in [5.74, 6) is 0. The van der Waals surface area contributed by atoms with Crippen molar-refractivity contribution in [1.29, 1.82) is 0 Å². The van der Waals surface area contributed by atoms with Crippen molar-refractivity contribution in [3.63, 3.8) is 0 Å². The Balaban J connectivity index is 1.83. The molecule has 0 radical (unpaired) electrons. The molecule has 0 aliphatic heterocycles. The van der Waals surface area contributed by atoms with Crippen molar-refractivity contribution in [3.8, 4) is 22.4 Å². The van der Waals surface area contributed by atoms with Crippen molar-refractivity contribution in [3.05, 3.63) is 72.3 Å². The van der Waals surface area contributed by atoms with E-state index < -0.39 is 0 Å². The van der Waals surface area contributed by atoms with Crippen molar-refractivity contribution >= 4 is 22.8 Å². The summed E-state index contributed by atoms with van der Waals surface area (Å²) in [4.78, 5) is 17.0. The molecule has 0 saturated heterocycles. The molecule has 4 nitrogen and oxygen atoms in total. The monoisotopic (exact) mass is 318 g/mol. The molecule has 0 spiro atoms. The molecule has 2 aromatic heterocycles. The Kier molecular flexibility index (Phi) is 3.44. The highest BCUT2D eigenvalue weighted by atomic mass is 35.5. The summed E-state index contributed by atoms with van der Waals surface area (Å²) in [6.07, 6.45) is 3.22. The molecule has 4 rings (SSSR count). The van der Waals surface area contributed by atoms with E-state index in [0.29, 0.717) is 16.9 Å². The summed E-state index contributed by atoms with van der Waals surface area (Å²) in [6.45, 7) is 0. The van der Waals surface area contributed by atoms with E-state index in [1.54, 1.807) is 12.4 Å². The molecule has 110 valence electrons. The van der Waals surface area contributed by atoms with E-state index >= 15 is 0 Å². The Bertz CT molecular complexity index is 969. The van der Waals surface area contributed by atoms with Gasteiger partial charge in [-0.2, -0.15) is 4.98 Å². The number of rotatable bonds is 2. The second kappa shape index (κ2) is 5.74. The molecule has 4 aromatic rings. The molecule has 0 unspecified atom stereocenters. The summed E-state index contributed by atoms with van der Waals surface area (Å²) < 4.78 is 0. The normalized spacial score (nSPS) is 10.8. The fraction of sp³-hybridized carbons (Fsp3) is 0. The van der Waals surface area contributed by atoms with Crippen LogP contribution in [0.15, 0.2) is 67.0 Å². The molecule has 0 bridgehead atoms. The van der Waals surface area contributed by atoms with E-state index in [4.69, 9.17) is 11.6 Å². The lowest BCUT2D eigenvalue weighted by Gasteiger charge is -2.06. The van der Waals surface area contributed by atoms with Crippen LogP contribution in [0.25, 0.3) is 33.5 Å². The van der Waals surface area contributed by atoms with Crippen LogP contribution in [0.5, 0.6) is 0 Å². The second-order valence-electron chi connectivity index (χ2n) is 5.01. The molecular formula is C18H11ClN4. The Morgan fingerprint density at radius 3 is 2.09 bits per heavy atom. The van der Waals surface area contributed by atoms with Gasteiger partial charge in [-0.1, -0.05) is 54.6 Å². The first kappa shape index (κ1) is 13.8. The molecule has 0 fully saturated rings. The van der Waals surface area contributed by atoms with E-state index in [2.05, 4.69) is 44.2 Å². The van der Waals surface area contributed by atoms with Crippen LogP contribution in [0.4, 0.5) is 0 Å². The second-order valence-corrected chi connectivity index (χ2v) is 5.35. The predicted molar refractivity (Wildman–Crippen MR) is 91.0 cm³/mol. The van der Waals surface area contributed by atoms with Gasteiger partial charge in [-0.25, -0.2) is 15.0 Å². The first-order chi connectivity index (χ1) is 11.3. The van der Waals surface area contributed by atoms with Gasteiger partial charge in [0.15, 0.2) is 5.65 Å². The quantitative estimate of drug-likeness (QED) is 0.514. The van der Waals surface area contributed by atoms with E-state index in [-0.39, 0.29) is 5.28 Å². The van der Waals surface area contributed by atoms with Crippen LogP contribution in [0.1, 0.15) is 0 Å². The third-order valence-corrected chi connectivity index (χ3v) is 3.74. The van der Waals surface area contributed by atoms with Gasteiger partial charge in [0.05, 0.1) is 0 Å². The maximum Gasteiger partial charge on any atom is 0.225 e. The minimum absolute atomic E-state index is 0.167. The highest BCUT2D eigenvalue weighted by Crippen LogP contribution is 2.27. The molecule has 5 heteroatoms. The van der Waals surface area contributed by atoms with Crippen LogP contribution in [0.3, 0.4) is 0 Å². The zero-order valence-corrected chi connectivity index (χ0v) is 12.8. The topological polar surface area (TPSA) is 51.6 Å². The lowest BCUT2D eigenvalue weighted by molar-refractivity contribution is 1.15. The zero-order chi connectivity index (χ0) is 15.6. The van der Waals surface area contributed by atoms with Gasteiger partial charge in [-0.15, -0.1) is 0 Å². The molecule has 2 heterocycles. The Morgan fingerprint density at radius 2 is 1.30 bits per heavy atom. The van der Waals surface area contributed by atoms with Crippen LogP contribution in [-0.2, 0) is 0 Å². The molecule has 0 saturated carbocycles. The summed E-state index contributed by atoms with van der Waals surface area (Å²) in [6, 6.07) is 18.4. The van der Waals surface area contributed by atoms with Gasteiger partial charge < -0.3 is 0 Å². The first-order valence-corrected chi connectivity index (χ1v) is 7.49. The van der Waals surface area contributed by atoms with E-state index in [1.807, 2.05) is 30.3 Å². The first-order valence-electron chi connectivity index (χ1n) is 7.11. The van der Waals surface area contributed by atoms with Crippen molar-refractivity contribution in [1.82, 2.24) is 19.9 Å². The number of hydrogen-bond acceptors (Lipinski definition) is 4. The summed E-state index contributed by atoms with van der Waals surface area (Å²) in [5, 5.41) is 0.167. The SMILES string of the molecule is Clc1nc(-c2ccc(-c3ccccc3)cc2)c2nccnc2n1. The minimum Gasteiger partial charge on any atom is -0.249 e. The molecule has 0 atom stereocenters. The summed E-state index contributed by atoms with van der Waals surface area (Å²) >= 11 is 6.01. The number of halogens is 1. The maximum absolute atomic E-state index is 6.01. The van der Waals surface area contributed by atoms with Crippen molar-refractivity contribution in [2.75, 3.05) is 0 Å². The zero-order valence-electron chi connectivity index (χ0n) is 12.0. The molecule has 2 aromatic carbocycles. The Labute approximate surface area is 137 Å². The van der Waals surface area contributed by atoms with Gasteiger partial charge in [0.2, 0.25) is 5.28 Å². The smallest absolute Gasteiger partial charge is 0.225 e. The molecule has 23 heavy (non-hydrogen) atoms. The van der Waals surface area contributed by atoms with Gasteiger partial charge >= 0.3 is 0 Å². The Hall–Kier alpha value is -2.85. The van der Waals surface area contributed by atoms with Crippen LogP contribution < -0.4 is 0 Å². The summed E-state index contributed by atoms with van der Waals surface area (Å²) in [7, 11) is 0. The standard InChI is InChI=1S/C18H11ClN4/c19-18-22-15(16-17(23-18)21-11-10-20-16)14-8-6-13(7-9-14)12-4-2-1-3-5-12/h1-11H. The van der Waals surface area contributed by atoms with Crippen LogP contribution in [0.2, 0.25) is 5.28 Å². The largest absolute Gasteiger partial charge is 0.249 e. The predicted octanol–water partition coefficient (Wildman–Crippen LogP) is 4.41. The third-order valence-electron chi connectivity index (χ3n) is 3.57. The molecular weight excluding hydrogens is 308 g/mol. The van der Waals surface area contributed by atoms with Crippen molar-refractivity contribution in [2.24, 2.45) is 0 Å². The average Bonchev–Trinajstić information content (AvgIpc) is 2.62. The van der Waals surface area contributed by atoms with E-state index in [0.717, 1.165) is 11.1 Å². The van der Waals surface area contributed by atoms with Gasteiger partial charge in [0, 0.05) is 18.0 Å². The molecule has 0 amide bonds. The number of aromatic nitrogens is 4. The number of benzene rings is 2. The third kappa shape index (κ3) is 2.64. The number of nitrogens with zero attached hydrogens (tertiary/aromatic N) is 4. The van der Waals surface area contributed by atoms with Crippen LogP contribution >= 0.6 is 11.6 Å². The van der Waals surface area contributed by atoms with E-state index in [9.17, 15) is 0 Å². The van der Waals surface area contributed by atoms with Crippen molar-refractivity contribution < 1.29 is 0 Å². The minimum atomic E-state index is 0.167. The molecule has 0 aliphatic carbocycles. The molecule has 0 aliphatic rings. The number of fused-ring (bicyclic) bond motifs is 1. The Morgan fingerprint density at radius 1 is 0.652 bits per heavy atom. The average molecular weight is 319 g/mol. The highest BCUT2D eigenvalue weighted by Gasteiger charge is 2.11. The van der Waals surface area contributed by atoms with E-state index in [1.165, 1.54) is 5.56 Å². The van der Waals surface area contributed by atoms with Gasteiger partial charge in [0.1, 0.15) is 11.2 Å². The van der Waals surface area contributed by atoms with Crippen LogP contribution in [-0.4, -0.2) is 19.9 Å². The van der Waals surface area contributed by atoms with Crippen LogP contribution in [0, 0.1) is 0 Å².